The number of nitrogens with zero attached hydrogens (tertiary/aromatic N) is 4. The minimum absolute atomic E-state index is 0.110. The molecule has 1 fully saturated rings. The molecule has 3 aromatic rings. The van der Waals surface area contributed by atoms with E-state index in [4.69, 9.17) is 9.47 Å². The van der Waals surface area contributed by atoms with Gasteiger partial charge in [0, 0.05) is 24.8 Å². The van der Waals surface area contributed by atoms with Crippen LogP contribution in [0.2, 0.25) is 0 Å². The molecule has 0 unspecified atom stereocenters. The molecule has 0 bridgehead atoms. The number of sulfonamides is 1. The fourth-order valence-electron chi connectivity index (χ4n) is 3.59. The number of hydrogen-bond donors (Lipinski definition) is 1. The Kier molecular flexibility index (Phi) is 7.88. The van der Waals surface area contributed by atoms with Crippen molar-refractivity contribution in [3.8, 4) is 23.5 Å². The summed E-state index contributed by atoms with van der Waals surface area (Å²) < 4.78 is 81.1. The van der Waals surface area contributed by atoms with E-state index in [-0.39, 0.29) is 11.6 Å². The van der Waals surface area contributed by atoms with Gasteiger partial charge >= 0.3 is 6.36 Å². The van der Waals surface area contributed by atoms with Gasteiger partial charge in [0.25, 0.3) is 10.0 Å². The number of hydrogen-bond acceptors (Lipinski definition) is 9. The second-order valence-corrected chi connectivity index (χ2v) is 9.54. The van der Waals surface area contributed by atoms with Crippen LogP contribution in [0.15, 0.2) is 47.8 Å². The molecular weight excluding hydrogens is 527 g/mol. The molecular formula is C24H22F3N5O5S. The van der Waals surface area contributed by atoms with Crippen LogP contribution in [0.4, 0.5) is 24.7 Å². The highest BCUT2D eigenvalue weighted by atomic mass is 32.2. The Morgan fingerprint density at radius 3 is 2.55 bits per heavy atom. The number of alkyl halides is 3. The van der Waals surface area contributed by atoms with Gasteiger partial charge in [0.1, 0.15) is 28.5 Å². The zero-order valence-electron chi connectivity index (χ0n) is 20.2. The molecule has 3 heterocycles. The van der Waals surface area contributed by atoms with Gasteiger partial charge in [0.2, 0.25) is 5.88 Å². The van der Waals surface area contributed by atoms with E-state index in [1.807, 2.05) is 4.90 Å². The van der Waals surface area contributed by atoms with Crippen molar-refractivity contribution < 1.29 is 35.8 Å². The number of aryl methyl sites for hydroxylation is 1. The first kappa shape index (κ1) is 27.0. The van der Waals surface area contributed by atoms with Gasteiger partial charge < -0.3 is 19.1 Å². The molecule has 0 saturated carbocycles. The predicted molar refractivity (Wildman–Crippen MR) is 131 cm³/mol. The number of methoxy groups -OCH3 is 1. The van der Waals surface area contributed by atoms with Gasteiger partial charge in [0.15, 0.2) is 0 Å². The molecule has 0 radical (unpaired) electrons. The van der Waals surface area contributed by atoms with Gasteiger partial charge in [-0.25, -0.2) is 23.4 Å². The molecule has 38 heavy (non-hydrogen) atoms. The fourth-order valence-corrected chi connectivity index (χ4v) is 4.77. The summed E-state index contributed by atoms with van der Waals surface area (Å²) in [5.41, 5.74) is 1.42. The molecule has 14 heteroatoms. The van der Waals surface area contributed by atoms with E-state index in [2.05, 4.69) is 36.3 Å². The Morgan fingerprint density at radius 1 is 1.11 bits per heavy atom. The Labute approximate surface area is 216 Å². The fraction of sp³-hybridized carbons (Fsp3) is 0.292. The highest BCUT2D eigenvalue weighted by Gasteiger charge is 2.34. The number of benzene rings is 1. The van der Waals surface area contributed by atoms with Crippen molar-refractivity contribution >= 4 is 21.5 Å². The maximum absolute atomic E-state index is 13.0. The first-order valence-electron chi connectivity index (χ1n) is 11.2. The summed E-state index contributed by atoms with van der Waals surface area (Å²) >= 11 is 0. The third-order valence-corrected chi connectivity index (χ3v) is 6.72. The van der Waals surface area contributed by atoms with Gasteiger partial charge in [-0.15, -0.1) is 13.2 Å². The second kappa shape index (κ2) is 11.1. The molecule has 0 atom stereocenters. The number of rotatable bonds is 6. The second-order valence-electron chi connectivity index (χ2n) is 7.89. The average molecular weight is 550 g/mol. The summed E-state index contributed by atoms with van der Waals surface area (Å²) in [6.07, 6.45) is -2.26. The summed E-state index contributed by atoms with van der Waals surface area (Å²) in [6, 6.07) is 5.73. The van der Waals surface area contributed by atoms with E-state index in [1.54, 1.807) is 6.92 Å². The molecule has 0 spiro atoms. The number of para-hydroxylation sites is 1. The van der Waals surface area contributed by atoms with E-state index < -0.39 is 27.0 Å². The predicted octanol–water partition coefficient (Wildman–Crippen LogP) is 3.12. The number of pyridine rings is 1. The molecule has 1 aromatic carbocycles. The van der Waals surface area contributed by atoms with Crippen molar-refractivity contribution in [2.75, 3.05) is 43.0 Å². The molecule has 10 nitrogen and oxygen atoms in total. The van der Waals surface area contributed by atoms with E-state index in [9.17, 15) is 21.6 Å². The van der Waals surface area contributed by atoms with Crippen molar-refractivity contribution in [1.82, 2.24) is 15.0 Å². The standard InChI is InChI=1S/C24H22F3N5O5S/c1-16-18(22(30-15-29-16)32-9-11-36-12-10-32)8-7-17-13-19(23(35-2)28-14-17)31-38(33,34)21-6-4-3-5-20(21)37-24(25,26)27/h3-6,13-15,31H,9-12H2,1-2H3. The van der Waals surface area contributed by atoms with Crippen molar-refractivity contribution in [2.45, 2.75) is 18.2 Å². The Morgan fingerprint density at radius 2 is 1.84 bits per heavy atom. The van der Waals surface area contributed by atoms with E-state index in [1.165, 1.54) is 37.8 Å². The number of anilines is 2. The summed E-state index contributed by atoms with van der Waals surface area (Å²) in [5.74, 6) is 5.61. The van der Waals surface area contributed by atoms with Crippen LogP contribution in [0.5, 0.6) is 11.6 Å². The van der Waals surface area contributed by atoms with E-state index in [0.717, 1.165) is 12.1 Å². The Hall–Kier alpha value is -4.09. The Balaban J connectivity index is 1.67. The number of nitrogens with one attached hydrogen (secondary N) is 1. The van der Waals surface area contributed by atoms with Crippen LogP contribution in [-0.2, 0) is 14.8 Å². The highest BCUT2D eigenvalue weighted by molar-refractivity contribution is 7.92. The van der Waals surface area contributed by atoms with Crippen molar-refractivity contribution in [3.05, 3.63) is 59.7 Å². The molecule has 1 aliphatic rings. The van der Waals surface area contributed by atoms with Gasteiger partial charge in [-0.1, -0.05) is 24.0 Å². The lowest BCUT2D eigenvalue weighted by Gasteiger charge is -2.28. The van der Waals surface area contributed by atoms with Crippen LogP contribution in [0.1, 0.15) is 16.8 Å². The first-order chi connectivity index (χ1) is 18.1. The molecule has 2 aromatic heterocycles. The average Bonchev–Trinajstić information content (AvgIpc) is 2.87. The number of morpholine rings is 1. The molecule has 1 saturated heterocycles. The van der Waals surface area contributed by atoms with Crippen molar-refractivity contribution in [1.29, 1.82) is 0 Å². The van der Waals surface area contributed by atoms with Gasteiger partial charge in [-0.2, -0.15) is 0 Å². The lowest BCUT2D eigenvalue weighted by molar-refractivity contribution is -0.275. The topological polar surface area (TPSA) is 116 Å². The monoisotopic (exact) mass is 549 g/mol. The summed E-state index contributed by atoms with van der Waals surface area (Å²) in [6.45, 7) is 4.18. The van der Waals surface area contributed by atoms with Crippen LogP contribution in [0, 0.1) is 18.8 Å². The molecule has 200 valence electrons. The summed E-state index contributed by atoms with van der Waals surface area (Å²) in [4.78, 5) is 14.0. The lowest BCUT2D eigenvalue weighted by atomic mass is 10.2. The largest absolute Gasteiger partial charge is 0.573 e. The smallest absolute Gasteiger partial charge is 0.479 e. The van der Waals surface area contributed by atoms with Crippen LogP contribution in [0.25, 0.3) is 0 Å². The normalized spacial score (nSPS) is 13.9. The van der Waals surface area contributed by atoms with Crippen LogP contribution < -0.4 is 19.1 Å². The third-order valence-electron chi connectivity index (χ3n) is 5.31. The summed E-state index contributed by atoms with van der Waals surface area (Å²) in [5, 5.41) is 0. The van der Waals surface area contributed by atoms with Crippen LogP contribution >= 0.6 is 0 Å². The first-order valence-corrected chi connectivity index (χ1v) is 12.6. The third kappa shape index (κ3) is 6.42. The van der Waals surface area contributed by atoms with Crippen LogP contribution in [0.3, 0.4) is 0 Å². The molecule has 1 N–H and O–H groups in total. The number of ether oxygens (including phenoxy) is 3. The van der Waals surface area contributed by atoms with Crippen LogP contribution in [-0.4, -0.2) is 63.1 Å². The number of halogens is 3. The molecule has 0 amide bonds. The zero-order valence-corrected chi connectivity index (χ0v) is 21.1. The SMILES string of the molecule is COc1ncc(C#Cc2c(C)ncnc2N2CCOCC2)cc1NS(=O)(=O)c1ccccc1OC(F)(F)F. The maximum Gasteiger partial charge on any atom is 0.573 e. The molecule has 1 aliphatic heterocycles. The van der Waals surface area contributed by atoms with Crippen molar-refractivity contribution in [2.24, 2.45) is 0 Å². The highest BCUT2D eigenvalue weighted by Crippen LogP contribution is 2.32. The Bertz CT molecular complexity index is 1480. The minimum Gasteiger partial charge on any atom is -0.479 e. The summed E-state index contributed by atoms with van der Waals surface area (Å²) in [7, 11) is -3.27. The zero-order chi connectivity index (χ0) is 27.3. The number of aromatic nitrogens is 3. The maximum atomic E-state index is 13.0. The molecule has 4 rings (SSSR count). The van der Waals surface area contributed by atoms with Gasteiger partial charge in [-0.3, -0.25) is 4.72 Å². The van der Waals surface area contributed by atoms with E-state index >= 15 is 0 Å². The quantitative estimate of drug-likeness (QED) is 0.463. The minimum atomic E-state index is -5.08. The van der Waals surface area contributed by atoms with E-state index in [0.29, 0.717) is 48.9 Å². The lowest BCUT2D eigenvalue weighted by Crippen LogP contribution is -2.37. The van der Waals surface area contributed by atoms with Gasteiger partial charge in [0.05, 0.1) is 31.6 Å². The molecule has 0 aliphatic carbocycles. The van der Waals surface area contributed by atoms with Gasteiger partial charge in [-0.05, 0) is 25.1 Å². The van der Waals surface area contributed by atoms with Crippen molar-refractivity contribution in [3.63, 3.8) is 0 Å².